The molecule has 0 aliphatic heterocycles. The number of esters is 1. The highest BCUT2D eigenvalue weighted by Gasteiger charge is 2.23. The van der Waals surface area contributed by atoms with Crippen LogP contribution in [0.5, 0.6) is 5.75 Å². The maximum atomic E-state index is 12.3. The maximum Gasteiger partial charge on any atom is 0.342 e. The lowest BCUT2D eigenvalue weighted by Gasteiger charge is -2.09. The highest BCUT2D eigenvalue weighted by Crippen LogP contribution is 2.31. The minimum Gasteiger partial charge on any atom is -0.494 e. The zero-order chi connectivity index (χ0) is 17.8. The number of aryl methyl sites for hydroxylation is 1. The molecule has 3 aromatic rings. The predicted molar refractivity (Wildman–Crippen MR) is 93.4 cm³/mol. The predicted octanol–water partition coefficient (Wildman–Crippen LogP) is 3.85. The van der Waals surface area contributed by atoms with Crippen molar-refractivity contribution in [1.29, 1.82) is 0 Å². The largest absolute Gasteiger partial charge is 0.494 e. The molecule has 2 heterocycles. The molecule has 0 aliphatic rings. The van der Waals surface area contributed by atoms with E-state index in [4.69, 9.17) is 13.9 Å². The van der Waals surface area contributed by atoms with Gasteiger partial charge in [-0.15, -0.1) is 0 Å². The molecular weight excluding hydrogens is 322 g/mol. The van der Waals surface area contributed by atoms with Crippen molar-refractivity contribution in [1.82, 2.24) is 9.97 Å². The van der Waals surface area contributed by atoms with Crippen molar-refractivity contribution < 1.29 is 18.7 Å². The van der Waals surface area contributed by atoms with Gasteiger partial charge in [-0.3, -0.25) is 0 Å². The molecule has 1 aromatic carbocycles. The van der Waals surface area contributed by atoms with E-state index in [1.165, 1.54) is 6.33 Å². The molecule has 0 unspecified atom stereocenters. The molecule has 0 spiro atoms. The van der Waals surface area contributed by atoms with Crippen molar-refractivity contribution >= 4 is 28.6 Å². The second-order valence-corrected chi connectivity index (χ2v) is 5.24. The summed E-state index contributed by atoms with van der Waals surface area (Å²) in [5.41, 5.74) is 1.44. The monoisotopic (exact) mass is 341 g/mol. The highest BCUT2D eigenvalue weighted by molar-refractivity contribution is 6.08. The molecule has 1 N–H and O–H groups in total. The lowest BCUT2D eigenvalue weighted by molar-refractivity contribution is 0.0526. The highest BCUT2D eigenvalue weighted by atomic mass is 16.5. The first kappa shape index (κ1) is 16.8. The minimum absolute atomic E-state index is 0.276. The summed E-state index contributed by atoms with van der Waals surface area (Å²) >= 11 is 0. The Hall–Kier alpha value is -3.09. The van der Waals surface area contributed by atoms with Gasteiger partial charge < -0.3 is 19.2 Å². The van der Waals surface area contributed by atoms with Gasteiger partial charge in [-0.25, -0.2) is 14.8 Å². The number of nitrogens with zero attached hydrogens (tertiary/aromatic N) is 2. The number of furan rings is 1. The van der Waals surface area contributed by atoms with Crippen LogP contribution >= 0.6 is 0 Å². The number of aromatic nitrogens is 2. The molecule has 130 valence electrons. The van der Waals surface area contributed by atoms with E-state index < -0.39 is 5.97 Å². The fraction of sp³-hybridized carbons (Fsp3) is 0.278. The third-order valence-electron chi connectivity index (χ3n) is 3.55. The second-order valence-electron chi connectivity index (χ2n) is 5.24. The molecular formula is C18H19N3O4. The van der Waals surface area contributed by atoms with E-state index in [1.54, 1.807) is 13.8 Å². The molecule has 0 amide bonds. The number of rotatable bonds is 6. The first-order chi connectivity index (χ1) is 12.1. The first-order valence-corrected chi connectivity index (χ1v) is 8.05. The SMILES string of the molecule is CCOC(=O)c1c(C)oc2ncnc(Nc3cccc(OCC)c3)c12. The van der Waals surface area contributed by atoms with E-state index in [9.17, 15) is 4.79 Å². The van der Waals surface area contributed by atoms with Crippen molar-refractivity contribution in [3.05, 3.63) is 41.9 Å². The summed E-state index contributed by atoms with van der Waals surface area (Å²) in [5, 5.41) is 3.70. The van der Waals surface area contributed by atoms with Crippen LogP contribution in [0.3, 0.4) is 0 Å². The number of hydrogen-bond acceptors (Lipinski definition) is 7. The lowest BCUT2D eigenvalue weighted by Crippen LogP contribution is -2.06. The number of carbonyl (C=O) groups excluding carboxylic acids is 1. The Balaban J connectivity index is 2.04. The van der Waals surface area contributed by atoms with Gasteiger partial charge in [0.1, 0.15) is 29.2 Å². The van der Waals surface area contributed by atoms with E-state index >= 15 is 0 Å². The third-order valence-corrected chi connectivity index (χ3v) is 3.55. The third kappa shape index (κ3) is 3.40. The van der Waals surface area contributed by atoms with Crippen LogP contribution in [0.25, 0.3) is 11.1 Å². The summed E-state index contributed by atoms with van der Waals surface area (Å²) in [5.74, 6) is 1.20. The van der Waals surface area contributed by atoms with Crippen LogP contribution in [0.15, 0.2) is 35.0 Å². The Morgan fingerprint density at radius 1 is 1.24 bits per heavy atom. The summed E-state index contributed by atoms with van der Waals surface area (Å²) < 4.78 is 16.2. The molecule has 7 nitrogen and oxygen atoms in total. The van der Waals surface area contributed by atoms with Crippen molar-refractivity contribution in [2.24, 2.45) is 0 Å². The Labute approximate surface area is 145 Å². The van der Waals surface area contributed by atoms with Crippen LogP contribution in [-0.2, 0) is 4.74 Å². The zero-order valence-corrected chi connectivity index (χ0v) is 14.3. The smallest absolute Gasteiger partial charge is 0.342 e. The van der Waals surface area contributed by atoms with Crippen molar-refractivity contribution in [2.45, 2.75) is 20.8 Å². The molecule has 7 heteroatoms. The van der Waals surface area contributed by atoms with E-state index in [0.717, 1.165) is 11.4 Å². The molecule has 0 aliphatic carbocycles. The van der Waals surface area contributed by atoms with Gasteiger partial charge in [-0.1, -0.05) is 6.07 Å². The van der Waals surface area contributed by atoms with Gasteiger partial charge >= 0.3 is 5.97 Å². The van der Waals surface area contributed by atoms with Gasteiger partial charge in [0.05, 0.1) is 18.6 Å². The van der Waals surface area contributed by atoms with Crippen LogP contribution in [0.1, 0.15) is 30.0 Å². The Kier molecular flexibility index (Phi) is 4.83. The molecule has 3 rings (SSSR count). The number of carbonyl (C=O) groups is 1. The van der Waals surface area contributed by atoms with Gasteiger partial charge in [0, 0.05) is 11.8 Å². The maximum absolute atomic E-state index is 12.3. The van der Waals surface area contributed by atoms with Crippen LogP contribution in [0.4, 0.5) is 11.5 Å². The quantitative estimate of drug-likeness (QED) is 0.681. The lowest BCUT2D eigenvalue weighted by atomic mass is 10.2. The molecule has 0 atom stereocenters. The van der Waals surface area contributed by atoms with Gasteiger partial charge in [0.25, 0.3) is 0 Å². The van der Waals surface area contributed by atoms with Crippen molar-refractivity contribution in [2.75, 3.05) is 18.5 Å². The first-order valence-electron chi connectivity index (χ1n) is 8.05. The topological polar surface area (TPSA) is 86.5 Å². The average Bonchev–Trinajstić information content (AvgIpc) is 2.93. The molecule has 0 saturated carbocycles. The molecule has 2 aromatic heterocycles. The van der Waals surface area contributed by atoms with Gasteiger partial charge in [-0.2, -0.15) is 0 Å². The Morgan fingerprint density at radius 2 is 2.08 bits per heavy atom. The number of hydrogen-bond donors (Lipinski definition) is 1. The van der Waals surface area contributed by atoms with Crippen LogP contribution in [0.2, 0.25) is 0 Å². The van der Waals surface area contributed by atoms with Crippen LogP contribution in [0, 0.1) is 6.92 Å². The summed E-state index contributed by atoms with van der Waals surface area (Å²) in [6.07, 6.45) is 1.38. The van der Waals surface area contributed by atoms with E-state index in [1.807, 2.05) is 31.2 Å². The van der Waals surface area contributed by atoms with E-state index in [2.05, 4.69) is 15.3 Å². The summed E-state index contributed by atoms with van der Waals surface area (Å²) in [6.45, 7) is 6.23. The number of benzene rings is 1. The average molecular weight is 341 g/mol. The molecule has 0 bridgehead atoms. The fourth-order valence-electron chi connectivity index (χ4n) is 2.56. The number of nitrogens with one attached hydrogen (secondary N) is 1. The van der Waals surface area contributed by atoms with E-state index in [0.29, 0.717) is 34.8 Å². The van der Waals surface area contributed by atoms with Gasteiger partial charge in [0.2, 0.25) is 5.71 Å². The molecule has 0 radical (unpaired) electrons. The van der Waals surface area contributed by atoms with Crippen molar-refractivity contribution in [3.63, 3.8) is 0 Å². The van der Waals surface area contributed by atoms with Crippen LogP contribution in [-0.4, -0.2) is 29.2 Å². The minimum atomic E-state index is -0.459. The zero-order valence-electron chi connectivity index (χ0n) is 14.3. The fourth-order valence-corrected chi connectivity index (χ4v) is 2.56. The summed E-state index contributed by atoms with van der Waals surface area (Å²) in [6, 6.07) is 7.48. The molecule has 25 heavy (non-hydrogen) atoms. The van der Waals surface area contributed by atoms with Crippen LogP contribution < -0.4 is 10.1 Å². The molecule has 0 fully saturated rings. The normalized spacial score (nSPS) is 10.7. The summed E-state index contributed by atoms with van der Waals surface area (Å²) in [7, 11) is 0. The number of anilines is 2. The van der Waals surface area contributed by atoms with Gasteiger partial charge in [0.15, 0.2) is 0 Å². The standard InChI is InChI=1S/C18H19N3O4/c1-4-23-13-8-6-7-12(9-13)21-16-15-14(18(22)24-5-2)11(3)25-17(15)20-10-19-16/h6-10H,4-5H2,1-3H3,(H,19,20,21). The Morgan fingerprint density at radius 3 is 2.84 bits per heavy atom. The van der Waals surface area contributed by atoms with Crippen molar-refractivity contribution in [3.8, 4) is 5.75 Å². The second kappa shape index (κ2) is 7.21. The Bertz CT molecular complexity index is 904. The number of fused-ring (bicyclic) bond motifs is 1. The van der Waals surface area contributed by atoms with E-state index in [-0.39, 0.29) is 6.61 Å². The molecule has 0 saturated heterocycles. The van der Waals surface area contributed by atoms with Gasteiger partial charge in [-0.05, 0) is 32.9 Å². The summed E-state index contributed by atoms with van der Waals surface area (Å²) in [4.78, 5) is 20.7. The number of ether oxygens (including phenoxy) is 2.